The Labute approximate surface area is 228 Å². The summed E-state index contributed by atoms with van der Waals surface area (Å²) in [6.07, 6.45) is 15.6. The molecule has 3 amide bonds. The number of carbonyl (C=O) groups excluding carboxylic acids is 3. The smallest absolute Gasteiger partial charge is 0.249 e. The van der Waals surface area contributed by atoms with Crippen LogP contribution in [-0.4, -0.2) is 94.1 Å². The first kappa shape index (κ1) is 28.8. The van der Waals surface area contributed by atoms with Gasteiger partial charge in [0.15, 0.2) is 0 Å². The molecule has 0 aromatic rings. The Balaban J connectivity index is 1.74. The molecule has 4 aliphatic rings. The van der Waals surface area contributed by atoms with Gasteiger partial charge in [0.05, 0.1) is 17.4 Å². The lowest BCUT2D eigenvalue weighted by Gasteiger charge is -2.38. The Morgan fingerprint density at radius 2 is 1.47 bits per heavy atom. The van der Waals surface area contributed by atoms with Crippen molar-refractivity contribution in [3.8, 4) is 0 Å². The van der Waals surface area contributed by atoms with Crippen LogP contribution in [0.15, 0.2) is 24.3 Å². The van der Waals surface area contributed by atoms with Gasteiger partial charge >= 0.3 is 0 Å². The number of fused-ring (bicyclic) bond motifs is 2. The van der Waals surface area contributed by atoms with E-state index >= 15 is 0 Å². The van der Waals surface area contributed by atoms with Crippen molar-refractivity contribution in [3.05, 3.63) is 24.3 Å². The molecule has 212 valence electrons. The third-order valence-electron chi connectivity index (χ3n) is 8.94. The van der Waals surface area contributed by atoms with Gasteiger partial charge in [-0.05, 0) is 32.1 Å². The van der Waals surface area contributed by atoms with Crippen LogP contribution in [0.25, 0.3) is 0 Å². The zero-order chi connectivity index (χ0) is 27.3. The molecule has 2 fully saturated rings. The summed E-state index contributed by atoms with van der Waals surface area (Å²) < 4.78 is 7.00. The number of likely N-dealkylation sites (tertiary alicyclic amines) is 1. The van der Waals surface area contributed by atoms with Crippen molar-refractivity contribution in [3.63, 3.8) is 0 Å². The normalized spacial score (nSPS) is 32.5. The van der Waals surface area contributed by atoms with Crippen LogP contribution in [0.2, 0.25) is 0 Å². The van der Waals surface area contributed by atoms with Crippen LogP contribution in [0.1, 0.15) is 78.6 Å². The van der Waals surface area contributed by atoms with Gasteiger partial charge in [0, 0.05) is 39.3 Å². The third-order valence-corrected chi connectivity index (χ3v) is 8.94. The Bertz CT molecular complexity index is 935. The third kappa shape index (κ3) is 4.94. The fourth-order valence-corrected chi connectivity index (χ4v) is 7.07. The minimum atomic E-state index is -1.16. The fraction of sp³-hybridized carbons (Fsp3) is 0.767. The molecule has 5 atom stereocenters. The molecule has 4 heterocycles. The van der Waals surface area contributed by atoms with Gasteiger partial charge in [-0.2, -0.15) is 0 Å². The summed E-state index contributed by atoms with van der Waals surface area (Å²) in [4.78, 5) is 48.1. The molecule has 0 aliphatic carbocycles. The van der Waals surface area contributed by atoms with Gasteiger partial charge in [-0.3, -0.25) is 14.4 Å². The summed E-state index contributed by atoms with van der Waals surface area (Å²) in [6.45, 7) is 9.10. The highest BCUT2D eigenvalue weighted by Gasteiger charge is 2.75. The standard InChI is InChI=1S/C30H47N3O5/c1-4-7-10-18-32-20-14-16-30-24(27(36)33(25(30)28(32)37)21-11-8-9-12-22-34)23-26(35)31(17-5-2)19-13-15-29(23,6-3)38-30/h13-16,23-25,34H,4-12,17-22H2,1-3H3/t23-,24-,25?,29+,30-/m0/s1. The van der Waals surface area contributed by atoms with E-state index in [4.69, 9.17) is 9.84 Å². The van der Waals surface area contributed by atoms with E-state index in [1.807, 2.05) is 41.0 Å². The van der Waals surface area contributed by atoms with E-state index in [1.54, 1.807) is 4.90 Å². The second-order valence-corrected chi connectivity index (χ2v) is 11.4. The maximum atomic E-state index is 14.3. The van der Waals surface area contributed by atoms with E-state index < -0.39 is 29.1 Å². The van der Waals surface area contributed by atoms with Crippen LogP contribution in [0, 0.1) is 11.8 Å². The molecule has 4 aliphatic heterocycles. The zero-order valence-corrected chi connectivity index (χ0v) is 23.6. The van der Waals surface area contributed by atoms with Gasteiger partial charge in [-0.25, -0.2) is 0 Å². The fourth-order valence-electron chi connectivity index (χ4n) is 7.07. The highest BCUT2D eigenvalue weighted by molar-refractivity contribution is 6.00. The van der Waals surface area contributed by atoms with Crippen molar-refractivity contribution in [1.82, 2.24) is 14.7 Å². The average Bonchev–Trinajstić information content (AvgIpc) is 3.20. The first-order valence-electron chi connectivity index (χ1n) is 14.9. The molecule has 0 bridgehead atoms. The van der Waals surface area contributed by atoms with Crippen LogP contribution >= 0.6 is 0 Å². The lowest BCUT2D eigenvalue weighted by molar-refractivity contribution is -0.154. The molecular weight excluding hydrogens is 482 g/mol. The number of ether oxygens (including phenoxy) is 1. The van der Waals surface area contributed by atoms with E-state index in [1.165, 1.54) is 0 Å². The largest absolute Gasteiger partial charge is 0.396 e. The van der Waals surface area contributed by atoms with E-state index in [-0.39, 0.29) is 24.3 Å². The minimum absolute atomic E-state index is 0.0395. The first-order chi connectivity index (χ1) is 18.4. The van der Waals surface area contributed by atoms with Crippen LogP contribution in [0.3, 0.4) is 0 Å². The highest BCUT2D eigenvalue weighted by Crippen LogP contribution is 2.58. The Kier molecular flexibility index (Phi) is 9.35. The topological polar surface area (TPSA) is 90.4 Å². The van der Waals surface area contributed by atoms with Crippen molar-refractivity contribution >= 4 is 17.7 Å². The lowest BCUT2D eigenvalue weighted by atomic mass is 9.73. The minimum Gasteiger partial charge on any atom is -0.396 e. The van der Waals surface area contributed by atoms with E-state index in [2.05, 4.69) is 13.8 Å². The van der Waals surface area contributed by atoms with Crippen molar-refractivity contribution < 1.29 is 24.2 Å². The second kappa shape index (κ2) is 12.3. The zero-order valence-electron chi connectivity index (χ0n) is 23.6. The predicted octanol–water partition coefficient (Wildman–Crippen LogP) is 3.30. The number of nitrogens with zero attached hydrogens (tertiary/aromatic N) is 3. The summed E-state index contributed by atoms with van der Waals surface area (Å²) in [5.74, 6) is -1.62. The van der Waals surface area contributed by atoms with E-state index in [0.717, 1.165) is 51.4 Å². The predicted molar refractivity (Wildman–Crippen MR) is 146 cm³/mol. The molecule has 1 spiro atoms. The van der Waals surface area contributed by atoms with Crippen LogP contribution in [-0.2, 0) is 19.1 Å². The van der Waals surface area contributed by atoms with Gasteiger partial charge < -0.3 is 24.5 Å². The number of hydrogen-bond acceptors (Lipinski definition) is 5. The molecule has 38 heavy (non-hydrogen) atoms. The summed E-state index contributed by atoms with van der Waals surface area (Å²) in [5, 5.41) is 9.15. The number of rotatable bonds is 13. The molecule has 0 radical (unpaired) electrons. The molecule has 1 N–H and O–H groups in total. The monoisotopic (exact) mass is 529 g/mol. The average molecular weight is 530 g/mol. The van der Waals surface area contributed by atoms with E-state index in [0.29, 0.717) is 39.1 Å². The van der Waals surface area contributed by atoms with Gasteiger partial charge in [0.1, 0.15) is 11.6 Å². The van der Waals surface area contributed by atoms with E-state index in [9.17, 15) is 14.4 Å². The molecule has 0 saturated carbocycles. The summed E-state index contributed by atoms with van der Waals surface area (Å²) in [6, 6.07) is -0.769. The molecular formula is C30H47N3O5. The van der Waals surface area contributed by atoms with Gasteiger partial charge in [0.25, 0.3) is 0 Å². The maximum absolute atomic E-state index is 14.3. The number of hydrogen-bond donors (Lipinski definition) is 1. The first-order valence-corrected chi connectivity index (χ1v) is 14.9. The summed E-state index contributed by atoms with van der Waals surface area (Å²) in [5.41, 5.74) is -2.07. The summed E-state index contributed by atoms with van der Waals surface area (Å²) >= 11 is 0. The highest BCUT2D eigenvalue weighted by atomic mass is 16.5. The Morgan fingerprint density at radius 3 is 2.16 bits per heavy atom. The number of amides is 3. The summed E-state index contributed by atoms with van der Waals surface area (Å²) in [7, 11) is 0. The Hall–Kier alpha value is -2.19. The number of unbranched alkanes of at least 4 members (excludes halogenated alkanes) is 5. The molecule has 0 aromatic heterocycles. The van der Waals surface area contributed by atoms with Gasteiger partial charge in [-0.1, -0.05) is 70.8 Å². The van der Waals surface area contributed by atoms with Crippen LogP contribution in [0.5, 0.6) is 0 Å². The lowest BCUT2D eigenvalue weighted by Crippen LogP contribution is -2.56. The number of carbonyl (C=O) groups is 3. The van der Waals surface area contributed by atoms with Crippen molar-refractivity contribution in [2.24, 2.45) is 11.8 Å². The van der Waals surface area contributed by atoms with Crippen molar-refractivity contribution in [2.45, 2.75) is 95.8 Å². The second-order valence-electron chi connectivity index (χ2n) is 11.4. The molecule has 2 saturated heterocycles. The molecule has 4 rings (SSSR count). The van der Waals surface area contributed by atoms with Crippen LogP contribution in [0.4, 0.5) is 0 Å². The SMILES string of the molecule is CCCCCN1CC=C[C@]23O[C@]4(CC)C=CCN(CCC)C(=O)[C@@H]4[C@H]2C(=O)N(CCCCCCO)C3C1=O. The van der Waals surface area contributed by atoms with Crippen LogP contribution < -0.4 is 0 Å². The molecule has 1 unspecified atom stereocenters. The molecule has 8 nitrogen and oxygen atoms in total. The number of aliphatic hydroxyl groups is 1. The number of aliphatic hydroxyl groups excluding tert-OH is 1. The van der Waals surface area contributed by atoms with Gasteiger partial charge in [0.2, 0.25) is 17.7 Å². The molecule has 8 heteroatoms. The maximum Gasteiger partial charge on any atom is 0.249 e. The molecule has 0 aromatic carbocycles. The van der Waals surface area contributed by atoms with Crippen molar-refractivity contribution in [2.75, 3.05) is 39.3 Å². The van der Waals surface area contributed by atoms with Gasteiger partial charge in [-0.15, -0.1) is 0 Å². The quantitative estimate of drug-likeness (QED) is 0.292. The Morgan fingerprint density at radius 1 is 0.789 bits per heavy atom. The van der Waals surface area contributed by atoms with Crippen molar-refractivity contribution in [1.29, 1.82) is 0 Å².